The van der Waals surface area contributed by atoms with Crippen molar-refractivity contribution in [2.75, 3.05) is 38.3 Å². The van der Waals surface area contributed by atoms with E-state index < -0.39 is 23.3 Å². The number of primary amides is 1. The lowest BCUT2D eigenvalue weighted by Gasteiger charge is -2.46. The predicted molar refractivity (Wildman–Crippen MR) is 118 cm³/mol. The highest BCUT2D eigenvalue weighted by Crippen LogP contribution is 2.52. The summed E-state index contributed by atoms with van der Waals surface area (Å²) in [5, 5.41) is 0. The number of amides is 3. The van der Waals surface area contributed by atoms with E-state index in [0.717, 1.165) is 11.3 Å². The first-order valence-corrected chi connectivity index (χ1v) is 10.6. The lowest BCUT2D eigenvalue weighted by atomic mass is 9.72. The van der Waals surface area contributed by atoms with Crippen molar-refractivity contribution in [1.29, 1.82) is 0 Å². The maximum Gasteiger partial charge on any atom is 0.261 e. The molecule has 2 aromatic carbocycles. The molecule has 8 nitrogen and oxygen atoms in total. The van der Waals surface area contributed by atoms with Crippen LogP contribution in [-0.2, 0) is 19.1 Å². The van der Waals surface area contributed by atoms with Crippen molar-refractivity contribution >= 4 is 23.4 Å². The summed E-state index contributed by atoms with van der Waals surface area (Å²) in [6.45, 7) is 2.21. The normalized spacial score (nSPS) is 24.1. The number of nitrogens with two attached hydrogens (primary N) is 1. The zero-order chi connectivity index (χ0) is 22.9. The van der Waals surface area contributed by atoms with E-state index in [4.69, 9.17) is 15.2 Å². The second-order valence-corrected chi connectivity index (χ2v) is 8.25. The van der Waals surface area contributed by atoms with Crippen LogP contribution in [0.25, 0.3) is 0 Å². The number of carbonyl (C=O) groups is 3. The van der Waals surface area contributed by atoms with Gasteiger partial charge in [0.2, 0.25) is 5.91 Å². The van der Waals surface area contributed by atoms with Crippen molar-refractivity contribution in [2.45, 2.75) is 18.4 Å². The third-order valence-electron chi connectivity index (χ3n) is 6.48. The fraction of sp³-hybridized carbons (Fsp3) is 0.375. The number of nitrogens with zero attached hydrogens (tertiary/aromatic N) is 2. The van der Waals surface area contributed by atoms with Crippen LogP contribution in [0.5, 0.6) is 5.75 Å². The summed E-state index contributed by atoms with van der Waals surface area (Å²) in [4.78, 5) is 42.6. The Bertz CT molecular complexity index is 1030. The number of benzene rings is 2. The number of ether oxygens (including phenoxy) is 2. The molecule has 0 unspecified atom stereocenters. The molecule has 2 aliphatic heterocycles. The maximum atomic E-state index is 13.8. The van der Waals surface area contributed by atoms with Crippen molar-refractivity contribution < 1.29 is 23.9 Å². The van der Waals surface area contributed by atoms with Gasteiger partial charge in [-0.25, -0.2) is 0 Å². The van der Waals surface area contributed by atoms with Crippen LogP contribution in [-0.4, -0.2) is 61.6 Å². The molecule has 0 aliphatic carbocycles. The van der Waals surface area contributed by atoms with Crippen molar-refractivity contribution in [3.63, 3.8) is 0 Å². The Morgan fingerprint density at radius 1 is 1.12 bits per heavy atom. The smallest absolute Gasteiger partial charge is 0.261 e. The van der Waals surface area contributed by atoms with Crippen LogP contribution in [0.1, 0.15) is 18.4 Å². The number of hydrogen-bond acceptors (Lipinski definition) is 5. The molecule has 1 fully saturated rings. The number of anilines is 1. The van der Waals surface area contributed by atoms with Crippen LogP contribution >= 0.6 is 0 Å². The molecule has 1 saturated heterocycles. The van der Waals surface area contributed by atoms with Crippen LogP contribution < -0.4 is 15.4 Å². The van der Waals surface area contributed by atoms with E-state index in [9.17, 15) is 14.4 Å². The molecule has 2 heterocycles. The molecular formula is C24H27N3O5. The summed E-state index contributed by atoms with van der Waals surface area (Å²) < 4.78 is 10.8. The summed E-state index contributed by atoms with van der Waals surface area (Å²) in [7, 11) is 1.57. The molecular weight excluding hydrogens is 410 g/mol. The molecule has 4 rings (SSSR count). The number of para-hydroxylation sites is 2. The highest BCUT2D eigenvalue weighted by atomic mass is 16.5. The minimum Gasteiger partial charge on any atom is -0.484 e. The molecule has 2 aliphatic rings. The first-order valence-electron chi connectivity index (χ1n) is 10.6. The van der Waals surface area contributed by atoms with Crippen LogP contribution in [0.15, 0.2) is 54.6 Å². The molecule has 3 amide bonds. The molecule has 168 valence electrons. The van der Waals surface area contributed by atoms with Crippen LogP contribution in [0.4, 0.5) is 5.69 Å². The second-order valence-electron chi connectivity index (χ2n) is 8.25. The summed E-state index contributed by atoms with van der Waals surface area (Å²) in [6, 6.07) is 16.4. The molecule has 8 heteroatoms. The van der Waals surface area contributed by atoms with E-state index in [1.54, 1.807) is 31.1 Å². The van der Waals surface area contributed by atoms with E-state index in [1.807, 2.05) is 42.5 Å². The lowest BCUT2D eigenvalue weighted by Crippen LogP contribution is -2.62. The quantitative estimate of drug-likeness (QED) is 0.708. The molecule has 0 aromatic heterocycles. The molecule has 0 spiro atoms. The van der Waals surface area contributed by atoms with Crippen molar-refractivity contribution in [3.8, 4) is 5.75 Å². The average Bonchev–Trinajstić information content (AvgIpc) is 3.13. The first-order chi connectivity index (χ1) is 15.4. The van der Waals surface area contributed by atoms with Gasteiger partial charge in [-0.2, -0.15) is 0 Å². The average molecular weight is 437 g/mol. The summed E-state index contributed by atoms with van der Waals surface area (Å²) in [6.07, 6.45) is 0. The molecule has 2 aromatic rings. The highest BCUT2D eigenvalue weighted by Gasteiger charge is 2.63. The van der Waals surface area contributed by atoms with Crippen LogP contribution in [0, 0.1) is 5.92 Å². The van der Waals surface area contributed by atoms with Crippen molar-refractivity contribution in [1.82, 2.24) is 4.90 Å². The Kier molecular flexibility index (Phi) is 5.88. The fourth-order valence-electron chi connectivity index (χ4n) is 4.96. The van der Waals surface area contributed by atoms with Crippen LogP contribution in [0.3, 0.4) is 0 Å². The van der Waals surface area contributed by atoms with Gasteiger partial charge in [0.1, 0.15) is 11.3 Å². The third-order valence-corrected chi connectivity index (χ3v) is 6.48. The Balaban J connectivity index is 1.72. The number of methoxy groups -OCH3 is 1. The summed E-state index contributed by atoms with van der Waals surface area (Å²) in [5.74, 6) is -1.83. The Labute approximate surface area is 186 Å². The van der Waals surface area contributed by atoms with Gasteiger partial charge in [0.25, 0.3) is 11.8 Å². The van der Waals surface area contributed by atoms with E-state index in [1.165, 1.54) is 4.90 Å². The van der Waals surface area contributed by atoms with Gasteiger partial charge in [-0.15, -0.1) is 0 Å². The fourth-order valence-corrected chi connectivity index (χ4v) is 4.96. The number of fused-ring (bicyclic) bond motifs is 3. The lowest BCUT2D eigenvalue weighted by molar-refractivity contribution is -0.145. The highest BCUT2D eigenvalue weighted by molar-refractivity contribution is 6.07. The number of rotatable bonds is 7. The number of hydrogen-bond donors (Lipinski definition) is 1. The van der Waals surface area contributed by atoms with E-state index in [-0.39, 0.29) is 25.0 Å². The summed E-state index contributed by atoms with van der Waals surface area (Å²) in [5.41, 5.74) is 6.04. The van der Waals surface area contributed by atoms with Gasteiger partial charge in [-0.05, 0) is 30.7 Å². The van der Waals surface area contributed by atoms with E-state index in [2.05, 4.69) is 0 Å². The molecule has 2 N–H and O–H groups in total. The minimum atomic E-state index is -1.26. The van der Waals surface area contributed by atoms with Crippen molar-refractivity contribution in [2.24, 2.45) is 11.7 Å². The minimum absolute atomic E-state index is 0.0612. The number of likely N-dealkylation sites (tertiary alicyclic amines) is 1. The van der Waals surface area contributed by atoms with Gasteiger partial charge in [0, 0.05) is 31.8 Å². The van der Waals surface area contributed by atoms with E-state index in [0.29, 0.717) is 18.9 Å². The zero-order valence-electron chi connectivity index (χ0n) is 18.2. The first kappa shape index (κ1) is 21.8. The monoisotopic (exact) mass is 437 g/mol. The van der Waals surface area contributed by atoms with E-state index >= 15 is 0 Å². The SMILES string of the molecule is COCCN1C(=O)[C@]2(C)[C@H](c3ccccc31)[C@@H](C(N)=O)CN2C(=O)COc1ccccc1. The molecule has 0 bridgehead atoms. The summed E-state index contributed by atoms with van der Waals surface area (Å²) >= 11 is 0. The van der Waals surface area contributed by atoms with Gasteiger partial charge >= 0.3 is 0 Å². The largest absolute Gasteiger partial charge is 0.484 e. The number of carbonyl (C=O) groups excluding carboxylic acids is 3. The standard InChI is InChI=1S/C24H27N3O5/c1-24-21(17-10-6-7-11-19(17)26(23(24)30)12-13-31-2)18(22(25)29)14-27(24)20(28)15-32-16-8-4-3-5-9-16/h3-11,18,21H,12-15H2,1-2H3,(H2,25,29)/t18-,21+,24-/m0/s1. The topological polar surface area (TPSA) is 102 Å². The second kappa shape index (κ2) is 8.63. The van der Waals surface area contributed by atoms with Gasteiger partial charge in [-0.1, -0.05) is 36.4 Å². The molecule has 3 atom stereocenters. The Morgan fingerprint density at radius 2 is 1.81 bits per heavy atom. The van der Waals surface area contributed by atoms with Gasteiger partial charge in [0.15, 0.2) is 6.61 Å². The molecule has 32 heavy (non-hydrogen) atoms. The zero-order valence-corrected chi connectivity index (χ0v) is 18.2. The van der Waals surface area contributed by atoms with Gasteiger partial charge in [-0.3, -0.25) is 14.4 Å². The third kappa shape index (κ3) is 3.50. The van der Waals surface area contributed by atoms with Crippen LogP contribution in [0.2, 0.25) is 0 Å². The Morgan fingerprint density at radius 3 is 2.50 bits per heavy atom. The Hall–Kier alpha value is -3.39. The predicted octanol–water partition coefficient (Wildman–Crippen LogP) is 1.54. The van der Waals surface area contributed by atoms with Gasteiger partial charge in [0.05, 0.1) is 12.5 Å². The van der Waals surface area contributed by atoms with Crippen molar-refractivity contribution in [3.05, 3.63) is 60.2 Å². The maximum absolute atomic E-state index is 13.8. The molecule has 0 radical (unpaired) electrons. The molecule has 0 saturated carbocycles. The van der Waals surface area contributed by atoms with Gasteiger partial charge < -0.3 is 25.0 Å².